The van der Waals surface area contributed by atoms with E-state index in [9.17, 15) is 14.7 Å². The number of nitrogens with zero attached hydrogens (tertiary/aromatic N) is 4. The summed E-state index contributed by atoms with van der Waals surface area (Å²) in [7, 11) is 0. The van der Waals surface area contributed by atoms with Gasteiger partial charge in [0.15, 0.2) is 5.01 Å². The van der Waals surface area contributed by atoms with Gasteiger partial charge in [0.25, 0.3) is 11.8 Å². The second kappa shape index (κ2) is 8.06. The number of carbonyl (C=O) groups excluding carboxylic acids is 2. The fourth-order valence-electron chi connectivity index (χ4n) is 5.33. The minimum absolute atomic E-state index is 0.0790. The Hall–Kier alpha value is -2.52. The van der Waals surface area contributed by atoms with Crippen molar-refractivity contribution >= 4 is 29.0 Å². The van der Waals surface area contributed by atoms with Crippen molar-refractivity contribution in [2.75, 3.05) is 18.4 Å². The number of fused-ring (bicyclic) bond motifs is 2. The summed E-state index contributed by atoms with van der Waals surface area (Å²) in [5.41, 5.74) is 1.29. The molecule has 2 amide bonds. The molecular weight excluding hydrogens is 438 g/mol. The van der Waals surface area contributed by atoms with Gasteiger partial charge in [0.1, 0.15) is 11.5 Å². The van der Waals surface area contributed by atoms with Gasteiger partial charge in [0.2, 0.25) is 0 Å². The van der Waals surface area contributed by atoms with Gasteiger partial charge in [-0.1, -0.05) is 0 Å². The van der Waals surface area contributed by atoms with Gasteiger partial charge in [-0.2, -0.15) is 0 Å². The van der Waals surface area contributed by atoms with Crippen molar-refractivity contribution in [3.63, 3.8) is 0 Å². The summed E-state index contributed by atoms with van der Waals surface area (Å²) in [4.78, 5) is 40.2. The molecule has 2 aromatic heterocycles. The van der Waals surface area contributed by atoms with Crippen LogP contribution < -0.4 is 5.32 Å². The molecule has 0 aliphatic carbocycles. The molecule has 3 fully saturated rings. The Morgan fingerprint density at radius 2 is 1.82 bits per heavy atom. The van der Waals surface area contributed by atoms with Crippen LogP contribution in [0.25, 0.3) is 10.4 Å². The number of carbonyl (C=O) groups is 2. The highest BCUT2D eigenvalue weighted by Crippen LogP contribution is 2.41. The highest BCUT2D eigenvalue weighted by molar-refractivity contribution is 7.17. The summed E-state index contributed by atoms with van der Waals surface area (Å²) in [5, 5.41) is 13.6. The van der Waals surface area contributed by atoms with Crippen LogP contribution in [-0.4, -0.2) is 73.5 Å². The smallest absolute Gasteiger partial charge is 0.283 e. The average Bonchev–Trinajstić information content (AvgIpc) is 3.45. The Morgan fingerprint density at radius 1 is 1.18 bits per heavy atom. The van der Waals surface area contributed by atoms with E-state index in [2.05, 4.69) is 29.1 Å². The van der Waals surface area contributed by atoms with Crippen LogP contribution in [0, 0.1) is 6.92 Å². The molecule has 2 aromatic rings. The van der Waals surface area contributed by atoms with Crippen molar-refractivity contribution in [1.29, 1.82) is 0 Å². The Labute approximate surface area is 198 Å². The molecule has 2 bridgehead atoms. The van der Waals surface area contributed by atoms with Crippen LogP contribution in [0.2, 0.25) is 0 Å². The van der Waals surface area contributed by atoms with Gasteiger partial charge in [0, 0.05) is 29.9 Å². The van der Waals surface area contributed by atoms with Crippen LogP contribution >= 0.6 is 11.3 Å². The first-order valence-corrected chi connectivity index (χ1v) is 12.5. The van der Waals surface area contributed by atoms with Gasteiger partial charge in [-0.3, -0.25) is 9.59 Å². The lowest BCUT2D eigenvalue weighted by atomic mass is 9.97. The predicted octanol–water partition coefficient (Wildman–Crippen LogP) is 3.31. The first kappa shape index (κ1) is 22.3. The monoisotopic (exact) mass is 469 g/mol. The molecule has 5 heterocycles. The average molecular weight is 470 g/mol. The number of nitrogens with one attached hydrogen (secondary N) is 1. The van der Waals surface area contributed by atoms with Crippen molar-refractivity contribution in [2.24, 2.45) is 0 Å². The molecule has 0 radical (unpaired) electrons. The summed E-state index contributed by atoms with van der Waals surface area (Å²) in [6, 6.07) is 2.78. The lowest BCUT2D eigenvalue weighted by Gasteiger charge is -2.43. The fourth-order valence-corrected chi connectivity index (χ4v) is 6.43. The number of rotatable bonds is 5. The van der Waals surface area contributed by atoms with E-state index in [0.29, 0.717) is 15.6 Å². The standard InChI is InChI=1S/C24H31N5O3S/c1-13(2)26-18-9-14(3)17(10-25-18)20-19(22(30)29-15-5-6-16(29)8-7-15)27-21(33-20)23(31)28-11-24(4,32)12-28/h9-10,13,15-16,32H,5-8,11-12H2,1-4H3,(H,25,26). The van der Waals surface area contributed by atoms with Crippen LogP contribution in [0.1, 0.15) is 72.3 Å². The zero-order valence-electron chi connectivity index (χ0n) is 19.6. The first-order chi connectivity index (χ1) is 15.6. The maximum absolute atomic E-state index is 13.7. The van der Waals surface area contributed by atoms with E-state index in [0.717, 1.165) is 42.6 Å². The van der Waals surface area contributed by atoms with Crippen molar-refractivity contribution in [3.8, 4) is 10.4 Å². The Balaban J connectivity index is 1.52. The first-order valence-electron chi connectivity index (χ1n) is 11.7. The van der Waals surface area contributed by atoms with Crippen LogP contribution in [0.4, 0.5) is 5.82 Å². The third kappa shape index (κ3) is 4.01. The summed E-state index contributed by atoms with van der Waals surface area (Å²) in [5.74, 6) is 0.463. The topological polar surface area (TPSA) is 98.7 Å². The van der Waals surface area contributed by atoms with E-state index in [-0.39, 0.29) is 43.0 Å². The molecule has 3 aliphatic rings. The predicted molar refractivity (Wildman–Crippen MR) is 128 cm³/mol. The van der Waals surface area contributed by atoms with Gasteiger partial charge in [-0.15, -0.1) is 11.3 Å². The molecule has 8 nitrogen and oxygen atoms in total. The number of β-amino-alcohol motifs (C(OH)–C–C–N with tert-alkyl or cyclic N) is 1. The minimum atomic E-state index is -0.858. The number of hydrogen-bond acceptors (Lipinski definition) is 7. The van der Waals surface area contributed by atoms with Gasteiger partial charge in [-0.25, -0.2) is 9.97 Å². The molecule has 33 heavy (non-hydrogen) atoms. The maximum atomic E-state index is 13.7. The largest absolute Gasteiger partial charge is 0.386 e. The maximum Gasteiger partial charge on any atom is 0.283 e. The summed E-state index contributed by atoms with van der Waals surface area (Å²) < 4.78 is 0. The molecule has 2 N–H and O–H groups in total. The Bertz CT molecular complexity index is 1080. The lowest BCUT2D eigenvalue weighted by molar-refractivity contribution is -0.0668. The molecule has 0 aromatic carbocycles. The fraction of sp³-hybridized carbons (Fsp3) is 0.583. The lowest BCUT2D eigenvalue weighted by Crippen LogP contribution is -2.61. The molecule has 5 rings (SSSR count). The highest BCUT2D eigenvalue weighted by atomic mass is 32.1. The number of amides is 2. The zero-order chi connectivity index (χ0) is 23.5. The SMILES string of the molecule is Cc1cc(NC(C)C)ncc1-c1sc(C(=O)N2CC(C)(O)C2)nc1C(=O)N1C2CCC1CC2. The van der Waals surface area contributed by atoms with Crippen LogP contribution in [0.15, 0.2) is 12.3 Å². The number of aryl methyl sites for hydroxylation is 1. The molecule has 0 atom stereocenters. The van der Waals surface area contributed by atoms with Crippen LogP contribution in [0.5, 0.6) is 0 Å². The number of aromatic nitrogens is 2. The molecule has 3 saturated heterocycles. The van der Waals surface area contributed by atoms with E-state index >= 15 is 0 Å². The van der Waals surface area contributed by atoms with Gasteiger partial charge in [0.05, 0.1) is 23.6 Å². The number of aliphatic hydroxyl groups is 1. The molecular formula is C24H31N5O3S. The van der Waals surface area contributed by atoms with E-state index in [1.54, 1.807) is 18.0 Å². The number of anilines is 1. The van der Waals surface area contributed by atoms with Gasteiger partial charge < -0.3 is 20.2 Å². The number of hydrogen-bond donors (Lipinski definition) is 2. The third-order valence-corrected chi connectivity index (χ3v) is 7.92. The Morgan fingerprint density at radius 3 is 2.36 bits per heavy atom. The molecule has 0 saturated carbocycles. The second-order valence-electron chi connectivity index (χ2n) is 10.2. The minimum Gasteiger partial charge on any atom is -0.386 e. The number of likely N-dealkylation sites (tertiary alicyclic amines) is 1. The van der Waals surface area contributed by atoms with Crippen molar-refractivity contribution in [2.45, 2.75) is 77.1 Å². The van der Waals surface area contributed by atoms with E-state index < -0.39 is 5.60 Å². The van der Waals surface area contributed by atoms with Gasteiger partial charge >= 0.3 is 0 Å². The van der Waals surface area contributed by atoms with Crippen LogP contribution in [0.3, 0.4) is 0 Å². The number of pyridine rings is 1. The normalized spacial score (nSPS) is 23.2. The molecule has 176 valence electrons. The quantitative estimate of drug-likeness (QED) is 0.697. The Kier molecular flexibility index (Phi) is 5.44. The van der Waals surface area contributed by atoms with Crippen molar-refractivity contribution in [3.05, 3.63) is 28.5 Å². The highest BCUT2D eigenvalue weighted by Gasteiger charge is 2.45. The van der Waals surface area contributed by atoms with E-state index in [4.69, 9.17) is 0 Å². The third-order valence-electron chi connectivity index (χ3n) is 6.84. The molecule has 3 aliphatic heterocycles. The van der Waals surface area contributed by atoms with Crippen molar-refractivity contribution < 1.29 is 14.7 Å². The summed E-state index contributed by atoms with van der Waals surface area (Å²) >= 11 is 1.25. The molecule has 9 heteroatoms. The number of thiazole rings is 1. The van der Waals surface area contributed by atoms with Gasteiger partial charge in [-0.05, 0) is 65.0 Å². The summed E-state index contributed by atoms with van der Waals surface area (Å²) in [6.45, 7) is 8.36. The van der Waals surface area contributed by atoms with Crippen molar-refractivity contribution in [1.82, 2.24) is 19.8 Å². The molecule has 0 unspecified atom stereocenters. The van der Waals surface area contributed by atoms with E-state index in [1.165, 1.54) is 11.3 Å². The molecule has 0 spiro atoms. The second-order valence-corrected chi connectivity index (χ2v) is 11.2. The van der Waals surface area contributed by atoms with E-state index in [1.807, 2.05) is 17.9 Å². The summed E-state index contributed by atoms with van der Waals surface area (Å²) in [6.07, 6.45) is 5.94. The van der Waals surface area contributed by atoms with Crippen LogP contribution in [-0.2, 0) is 0 Å². The zero-order valence-corrected chi connectivity index (χ0v) is 20.4.